The van der Waals surface area contributed by atoms with Crippen LogP contribution in [0.25, 0.3) is 0 Å². The van der Waals surface area contributed by atoms with Crippen LogP contribution in [-0.2, 0) is 6.42 Å². The molecule has 0 spiro atoms. The van der Waals surface area contributed by atoms with E-state index in [0.717, 1.165) is 15.6 Å². The zero-order chi connectivity index (χ0) is 14.8. The fraction of sp³-hybridized carbons (Fsp3) is 0.250. The van der Waals surface area contributed by atoms with Crippen molar-refractivity contribution in [1.29, 1.82) is 0 Å². The molecule has 0 amide bonds. The normalized spacial score (nSPS) is 14.8. The Morgan fingerprint density at radius 1 is 1.19 bits per heavy atom. The molecular weight excluding hydrogens is 337 g/mol. The second kappa shape index (κ2) is 6.03. The summed E-state index contributed by atoms with van der Waals surface area (Å²) in [6.07, 6.45) is 0.512. The SMILES string of the molecule is NC(Cc1cc(F)ccc1Br)c1cccc2c1OCCO2. The molecule has 2 aromatic rings. The first-order valence-electron chi connectivity index (χ1n) is 6.73. The van der Waals surface area contributed by atoms with Crippen LogP contribution < -0.4 is 15.2 Å². The van der Waals surface area contributed by atoms with E-state index >= 15 is 0 Å². The van der Waals surface area contributed by atoms with E-state index in [-0.39, 0.29) is 11.9 Å². The molecule has 0 fully saturated rings. The molecule has 0 aliphatic carbocycles. The molecule has 1 unspecified atom stereocenters. The van der Waals surface area contributed by atoms with Crippen LogP contribution in [0.1, 0.15) is 17.2 Å². The molecule has 2 aromatic carbocycles. The maximum Gasteiger partial charge on any atom is 0.166 e. The van der Waals surface area contributed by atoms with Gasteiger partial charge in [-0.15, -0.1) is 0 Å². The summed E-state index contributed by atoms with van der Waals surface area (Å²) >= 11 is 3.43. The molecule has 3 rings (SSSR count). The van der Waals surface area contributed by atoms with Crippen LogP contribution in [0, 0.1) is 5.82 Å². The number of ether oxygens (including phenoxy) is 2. The van der Waals surface area contributed by atoms with Crippen LogP contribution in [0.3, 0.4) is 0 Å². The molecule has 110 valence electrons. The highest BCUT2D eigenvalue weighted by molar-refractivity contribution is 9.10. The van der Waals surface area contributed by atoms with E-state index in [9.17, 15) is 4.39 Å². The number of hydrogen-bond acceptors (Lipinski definition) is 3. The summed E-state index contributed by atoms with van der Waals surface area (Å²) in [6.45, 7) is 1.06. The van der Waals surface area contributed by atoms with Gasteiger partial charge in [0.2, 0.25) is 0 Å². The topological polar surface area (TPSA) is 44.5 Å². The molecule has 1 heterocycles. The maximum absolute atomic E-state index is 13.4. The fourth-order valence-electron chi connectivity index (χ4n) is 2.43. The van der Waals surface area contributed by atoms with Crippen LogP contribution in [0.5, 0.6) is 11.5 Å². The van der Waals surface area contributed by atoms with Crippen LogP contribution in [0.15, 0.2) is 40.9 Å². The van der Waals surface area contributed by atoms with Crippen LogP contribution >= 0.6 is 15.9 Å². The maximum atomic E-state index is 13.4. The van der Waals surface area contributed by atoms with Crippen LogP contribution in [-0.4, -0.2) is 13.2 Å². The van der Waals surface area contributed by atoms with E-state index < -0.39 is 0 Å². The van der Waals surface area contributed by atoms with Crippen molar-refractivity contribution in [1.82, 2.24) is 0 Å². The Balaban J connectivity index is 1.89. The first-order chi connectivity index (χ1) is 10.1. The number of halogens is 2. The van der Waals surface area contributed by atoms with Crippen molar-refractivity contribution in [3.63, 3.8) is 0 Å². The lowest BCUT2D eigenvalue weighted by Gasteiger charge is -2.23. The number of rotatable bonds is 3. The number of para-hydroxylation sites is 1. The average Bonchev–Trinajstić information content (AvgIpc) is 2.50. The number of benzene rings is 2. The van der Waals surface area contributed by atoms with Gasteiger partial charge in [-0.05, 0) is 36.2 Å². The molecule has 0 bridgehead atoms. The summed E-state index contributed by atoms with van der Waals surface area (Å²) in [5.74, 6) is 1.14. The lowest BCUT2D eigenvalue weighted by molar-refractivity contribution is 0.169. The van der Waals surface area contributed by atoms with Gasteiger partial charge in [-0.3, -0.25) is 0 Å². The van der Waals surface area contributed by atoms with Gasteiger partial charge < -0.3 is 15.2 Å². The Labute approximate surface area is 131 Å². The monoisotopic (exact) mass is 351 g/mol. The Morgan fingerprint density at radius 2 is 2.00 bits per heavy atom. The van der Waals surface area contributed by atoms with Crippen molar-refractivity contribution in [2.45, 2.75) is 12.5 Å². The number of hydrogen-bond donors (Lipinski definition) is 1. The van der Waals surface area contributed by atoms with Gasteiger partial charge in [0.15, 0.2) is 11.5 Å². The molecule has 0 radical (unpaired) electrons. The van der Waals surface area contributed by atoms with Gasteiger partial charge in [-0.1, -0.05) is 28.1 Å². The minimum atomic E-state index is -0.292. The van der Waals surface area contributed by atoms with Crippen molar-refractivity contribution in [2.75, 3.05) is 13.2 Å². The quantitative estimate of drug-likeness (QED) is 0.918. The average molecular weight is 352 g/mol. The molecular formula is C16H15BrFNO2. The predicted molar refractivity (Wildman–Crippen MR) is 82.2 cm³/mol. The molecule has 0 saturated carbocycles. The summed E-state index contributed by atoms with van der Waals surface area (Å²) in [6, 6.07) is 9.99. The molecule has 2 N–H and O–H groups in total. The van der Waals surface area contributed by atoms with E-state index in [0.29, 0.717) is 31.1 Å². The molecule has 1 aliphatic heterocycles. The number of fused-ring (bicyclic) bond motifs is 1. The molecule has 1 atom stereocenters. The highest BCUT2D eigenvalue weighted by atomic mass is 79.9. The van der Waals surface area contributed by atoms with E-state index in [2.05, 4.69) is 15.9 Å². The van der Waals surface area contributed by atoms with E-state index in [1.807, 2.05) is 18.2 Å². The minimum absolute atomic E-state index is 0.268. The van der Waals surface area contributed by atoms with E-state index in [4.69, 9.17) is 15.2 Å². The molecule has 0 saturated heterocycles. The Kier molecular flexibility index (Phi) is 4.12. The van der Waals surface area contributed by atoms with E-state index in [1.165, 1.54) is 12.1 Å². The lowest BCUT2D eigenvalue weighted by atomic mass is 9.98. The Morgan fingerprint density at radius 3 is 2.86 bits per heavy atom. The predicted octanol–water partition coefficient (Wildman–Crippen LogP) is 3.60. The van der Waals surface area contributed by atoms with Crippen LogP contribution in [0.4, 0.5) is 4.39 Å². The first-order valence-corrected chi connectivity index (χ1v) is 7.52. The van der Waals surface area contributed by atoms with E-state index in [1.54, 1.807) is 6.07 Å². The summed E-state index contributed by atoms with van der Waals surface area (Å²) in [5, 5.41) is 0. The molecule has 0 aromatic heterocycles. The third kappa shape index (κ3) is 3.04. The first kappa shape index (κ1) is 14.4. The second-order valence-electron chi connectivity index (χ2n) is 4.92. The van der Waals surface area contributed by atoms with Gasteiger partial charge in [0.05, 0.1) is 0 Å². The Hall–Kier alpha value is -1.59. The minimum Gasteiger partial charge on any atom is -0.486 e. The zero-order valence-electron chi connectivity index (χ0n) is 11.3. The zero-order valence-corrected chi connectivity index (χ0v) is 12.9. The summed E-state index contributed by atoms with van der Waals surface area (Å²) < 4.78 is 25.4. The van der Waals surface area contributed by atoms with Crippen molar-refractivity contribution < 1.29 is 13.9 Å². The molecule has 1 aliphatic rings. The highest BCUT2D eigenvalue weighted by Gasteiger charge is 2.20. The van der Waals surface area contributed by atoms with Gasteiger partial charge in [0, 0.05) is 16.1 Å². The Bertz CT molecular complexity index is 663. The largest absolute Gasteiger partial charge is 0.486 e. The second-order valence-corrected chi connectivity index (χ2v) is 5.77. The summed E-state index contributed by atoms with van der Waals surface area (Å²) in [5.41, 5.74) is 8.00. The third-order valence-electron chi connectivity index (χ3n) is 3.44. The summed E-state index contributed by atoms with van der Waals surface area (Å²) in [7, 11) is 0. The van der Waals surface area contributed by atoms with Gasteiger partial charge in [-0.25, -0.2) is 4.39 Å². The lowest BCUT2D eigenvalue weighted by Crippen LogP contribution is -2.20. The van der Waals surface area contributed by atoms with Gasteiger partial charge >= 0.3 is 0 Å². The van der Waals surface area contributed by atoms with Crippen molar-refractivity contribution in [3.05, 3.63) is 57.8 Å². The standard InChI is InChI=1S/C16H15BrFNO2/c17-13-5-4-11(18)8-10(13)9-14(19)12-2-1-3-15-16(12)21-7-6-20-15/h1-5,8,14H,6-7,9,19H2. The van der Waals surface area contributed by atoms with Gasteiger partial charge in [0.1, 0.15) is 19.0 Å². The van der Waals surface area contributed by atoms with Crippen molar-refractivity contribution >= 4 is 15.9 Å². The van der Waals surface area contributed by atoms with Crippen molar-refractivity contribution in [2.24, 2.45) is 5.73 Å². The summed E-state index contributed by atoms with van der Waals surface area (Å²) in [4.78, 5) is 0. The number of nitrogens with two attached hydrogens (primary N) is 1. The van der Waals surface area contributed by atoms with Crippen molar-refractivity contribution in [3.8, 4) is 11.5 Å². The highest BCUT2D eigenvalue weighted by Crippen LogP contribution is 2.37. The van der Waals surface area contributed by atoms with Gasteiger partial charge in [0.25, 0.3) is 0 Å². The molecule has 3 nitrogen and oxygen atoms in total. The smallest absolute Gasteiger partial charge is 0.166 e. The molecule has 5 heteroatoms. The molecule has 21 heavy (non-hydrogen) atoms. The fourth-order valence-corrected chi connectivity index (χ4v) is 2.84. The van der Waals surface area contributed by atoms with Gasteiger partial charge in [-0.2, -0.15) is 0 Å². The van der Waals surface area contributed by atoms with Crippen LogP contribution in [0.2, 0.25) is 0 Å². The third-order valence-corrected chi connectivity index (χ3v) is 4.22.